The van der Waals surface area contributed by atoms with E-state index in [1.165, 1.54) is 18.2 Å². The van der Waals surface area contributed by atoms with Crippen LogP contribution in [-0.4, -0.2) is 28.3 Å². The Balaban J connectivity index is 2.25. The number of hydrogen-bond acceptors (Lipinski definition) is 5. The van der Waals surface area contributed by atoms with Crippen LogP contribution in [0, 0.1) is 21.4 Å². The molecule has 20 heavy (non-hydrogen) atoms. The second-order valence-corrected chi connectivity index (χ2v) is 4.67. The zero-order valence-electron chi connectivity index (χ0n) is 10.8. The molecule has 0 saturated heterocycles. The first-order valence-corrected chi connectivity index (χ1v) is 6.26. The summed E-state index contributed by atoms with van der Waals surface area (Å²) in [6.07, 6.45) is 2.07. The minimum absolute atomic E-state index is 0.0292. The number of nitrogens with two attached hydrogens (primary N) is 1. The van der Waals surface area contributed by atoms with Gasteiger partial charge in [-0.25, -0.2) is 0 Å². The molecule has 1 aromatic carbocycles. The third-order valence-corrected chi connectivity index (χ3v) is 3.19. The summed E-state index contributed by atoms with van der Waals surface area (Å²) in [7, 11) is 0. The van der Waals surface area contributed by atoms with Gasteiger partial charge < -0.3 is 10.6 Å². The summed E-state index contributed by atoms with van der Waals surface area (Å²) >= 11 is 0. The average Bonchev–Trinajstić information content (AvgIpc) is 3.23. The van der Waals surface area contributed by atoms with Crippen LogP contribution >= 0.6 is 0 Å². The van der Waals surface area contributed by atoms with Crippen LogP contribution < -0.4 is 5.73 Å². The van der Waals surface area contributed by atoms with E-state index in [0.29, 0.717) is 6.54 Å². The minimum Gasteiger partial charge on any atom is -0.393 e. The fourth-order valence-corrected chi connectivity index (χ4v) is 2.01. The third-order valence-electron chi connectivity index (χ3n) is 3.19. The van der Waals surface area contributed by atoms with E-state index in [0.717, 1.165) is 12.8 Å². The first kappa shape index (κ1) is 13.8. The summed E-state index contributed by atoms with van der Waals surface area (Å²) in [5.74, 6) is -0.286. The Kier molecular flexibility index (Phi) is 3.84. The quantitative estimate of drug-likeness (QED) is 0.498. The number of nitro benzene ring substituents is 1. The lowest BCUT2D eigenvalue weighted by molar-refractivity contribution is -0.383. The number of anilines is 1. The molecule has 2 rings (SSSR count). The average molecular weight is 274 g/mol. The summed E-state index contributed by atoms with van der Waals surface area (Å²) in [6, 6.07) is 6.18. The molecule has 0 spiro atoms. The van der Waals surface area contributed by atoms with Gasteiger partial charge in [0.15, 0.2) is 0 Å². The maximum Gasteiger partial charge on any atom is 0.292 e. The highest BCUT2D eigenvalue weighted by Crippen LogP contribution is 2.30. The summed E-state index contributed by atoms with van der Waals surface area (Å²) in [5, 5.41) is 19.5. The van der Waals surface area contributed by atoms with Crippen LogP contribution in [0.2, 0.25) is 0 Å². The molecule has 1 aliphatic rings. The second kappa shape index (κ2) is 5.57. The predicted molar refractivity (Wildman–Crippen MR) is 71.8 cm³/mol. The molecule has 0 atom stereocenters. The monoisotopic (exact) mass is 274 g/mol. The summed E-state index contributed by atoms with van der Waals surface area (Å²) in [6.45, 7) is 0.345. The molecule has 1 aliphatic carbocycles. The van der Waals surface area contributed by atoms with Gasteiger partial charge in [0, 0.05) is 24.2 Å². The second-order valence-electron chi connectivity index (χ2n) is 4.67. The molecular formula is C13H14N4O3. The highest BCUT2D eigenvalue weighted by Gasteiger charge is 2.33. The van der Waals surface area contributed by atoms with E-state index < -0.39 is 4.92 Å². The lowest BCUT2D eigenvalue weighted by Gasteiger charge is -2.21. The van der Waals surface area contributed by atoms with Gasteiger partial charge >= 0.3 is 0 Å². The SMILES string of the molecule is N#CCCN(C(=O)c1ccc(N)c([N+](=O)[O-])c1)C1CC1. The van der Waals surface area contributed by atoms with Crippen LogP contribution in [-0.2, 0) is 0 Å². The van der Waals surface area contributed by atoms with E-state index in [1.807, 2.05) is 6.07 Å². The largest absolute Gasteiger partial charge is 0.393 e. The smallest absolute Gasteiger partial charge is 0.292 e. The van der Waals surface area contributed by atoms with Crippen LogP contribution in [0.5, 0.6) is 0 Å². The Morgan fingerprint density at radius 2 is 2.25 bits per heavy atom. The van der Waals surface area contributed by atoms with Crippen molar-refractivity contribution in [3.05, 3.63) is 33.9 Å². The van der Waals surface area contributed by atoms with Gasteiger partial charge in [-0.05, 0) is 25.0 Å². The lowest BCUT2D eigenvalue weighted by atomic mass is 10.1. The van der Waals surface area contributed by atoms with Crippen molar-refractivity contribution in [2.75, 3.05) is 12.3 Å². The molecule has 2 N–H and O–H groups in total. The van der Waals surface area contributed by atoms with Crippen LogP contribution in [0.4, 0.5) is 11.4 Å². The fourth-order valence-electron chi connectivity index (χ4n) is 2.01. The number of nitrogens with zero attached hydrogens (tertiary/aromatic N) is 3. The molecule has 0 radical (unpaired) electrons. The number of nitriles is 1. The Bertz CT molecular complexity index is 590. The summed E-state index contributed by atoms with van der Waals surface area (Å²) in [5.41, 5.74) is 5.50. The molecule has 1 aromatic rings. The van der Waals surface area contributed by atoms with Gasteiger partial charge in [-0.2, -0.15) is 5.26 Å². The summed E-state index contributed by atoms with van der Waals surface area (Å²) in [4.78, 5) is 24.2. The number of nitro groups is 1. The Morgan fingerprint density at radius 3 is 2.80 bits per heavy atom. The minimum atomic E-state index is -0.608. The predicted octanol–water partition coefficient (Wildman–Crippen LogP) is 1.70. The van der Waals surface area contributed by atoms with E-state index in [4.69, 9.17) is 11.0 Å². The van der Waals surface area contributed by atoms with E-state index >= 15 is 0 Å². The molecule has 1 fully saturated rings. The van der Waals surface area contributed by atoms with E-state index in [9.17, 15) is 14.9 Å². The Morgan fingerprint density at radius 1 is 1.55 bits per heavy atom. The summed E-state index contributed by atoms with van der Waals surface area (Å²) < 4.78 is 0. The van der Waals surface area contributed by atoms with Crippen LogP contribution in [0.1, 0.15) is 29.6 Å². The maximum absolute atomic E-state index is 12.4. The van der Waals surface area contributed by atoms with Gasteiger partial charge in [-0.3, -0.25) is 14.9 Å². The number of amides is 1. The van der Waals surface area contributed by atoms with Gasteiger partial charge in [-0.15, -0.1) is 0 Å². The first-order valence-electron chi connectivity index (χ1n) is 6.26. The van der Waals surface area contributed by atoms with Crippen molar-refractivity contribution < 1.29 is 9.72 Å². The Hall–Kier alpha value is -2.62. The van der Waals surface area contributed by atoms with Crippen molar-refractivity contribution >= 4 is 17.3 Å². The number of carbonyl (C=O) groups excluding carboxylic acids is 1. The number of nitrogen functional groups attached to an aromatic ring is 1. The molecule has 0 aromatic heterocycles. The lowest BCUT2D eigenvalue weighted by Crippen LogP contribution is -2.34. The van der Waals surface area contributed by atoms with Gasteiger partial charge in [0.1, 0.15) is 5.69 Å². The van der Waals surface area contributed by atoms with Gasteiger partial charge in [0.05, 0.1) is 17.4 Å². The number of rotatable bonds is 5. The molecule has 7 heteroatoms. The zero-order chi connectivity index (χ0) is 14.7. The molecule has 1 saturated carbocycles. The molecule has 0 bridgehead atoms. The molecule has 0 unspecified atom stereocenters. The normalized spacial score (nSPS) is 13.6. The van der Waals surface area contributed by atoms with Crippen molar-refractivity contribution in [2.45, 2.75) is 25.3 Å². The number of benzene rings is 1. The molecular weight excluding hydrogens is 260 g/mol. The van der Waals surface area contributed by atoms with E-state index in [1.54, 1.807) is 4.90 Å². The van der Waals surface area contributed by atoms with Crippen LogP contribution in [0.25, 0.3) is 0 Å². The van der Waals surface area contributed by atoms with Crippen LogP contribution in [0.3, 0.4) is 0 Å². The number of carbonyl (C=O) groups is 1. The van der Waals surface area contributed by atoms with Gasteiger partial charge in [0.25, 0.3) is 11.6 Å². The molecule has 1 amide bonds. The standard InChI is InChI=1S/C13H14N4O3/c14-6-1-7-16(10-3-4-10)13(18)9-2-5-11(15)12(8-9)17(19)20/h2,5,8,10H,1,3-4,7,15H2. The Labute approximate surface area is 115 Å². The number of hydrogen-bond donors (Lipinski definition) is 1. The van der Waals surface area contributed by atoms with Crippen LogP contribution in [0.15, 0.2) is 18.2 Å². The van der Waals surface area contributed by atoms with Crippen molar-refractivity contribution in [1.29, 1.82) is 5.26 Å². The highest BCUT2D eigenvalue weighted by atomic mass is 16.6. The highest BCUT2D eigenvalue weighted by molar-refractivity contribution is 5.96. The molecule has 7 nitrogen and oxygen atoms in total. The zero-order valence-corrected chi connectivity index (χ0v) is 10.8. The molecule has 0 heterocycles. The fraction of sp³-hybridized carbons (Fsp3) is 0.385. The van der Waals surface area contributed by atoms with Crippen molar-refractivity contribution in [2.24, 2.45) is 0 Å². The van der Waals surface area contributed by atoms with Crippen molar-refractivity contribution in [1.82, 2.24) is 4.90 Å². The topological polar surface area (TPSA) is 113 Å². The first-order chi connectivity index (χ1) is 9.54. The van der Waals surface area contributed by atoms with E-state index in [-0.39, 0.29) is 35.3 Å². The van der Waals surface area contributed by atoms with Crippen molar-refractivity contribution in [3.63, 3.8) is 0 Å². The van der Waals surface area contributed by atoms with Gasteiger partial charge in [0.2, 0.25) is 0 Å². The van der Waals surface area contributed by atoms with E-state index in [2.05, 4.69) is 0 Å². The van der Waals surface area contributed by atoms with Gasteiger partial charge in [-0.1, -0.05) is 0 Å². The maximum atomic E-state index is 12.4. The molecule has 104 valence electrons. The van der Waals surface area contributed by atoms with Crippen molar-refractivity contribution in [3.8, 4) is 6.07 Å². The third kappa shape index (κ3) is 2.85. The molecule has 0 aliphatic heterocycles.